The first-order valence-corrected chi connectivity index (χ1v) is 12.1. The molecule has 6 heteroatoms. The zero-order valence-corrected chi connectivity index (χ0v) is 20.8. The van der Waals surface area contributed by atoms with Gasteiger partial charge in [0.15, 0.2) is 0 Å². The fourth-order valence-corrected chi connectivity index (χ4v) is 5.15. The average molecular weight is 465 g/mol. The molecule has 0 aliphatic heterocycles. The highest BCUT2D eigenvalue weighted by Gasteiger charge is 2.26. The van der Waals surface area contributed by atoms with E-state index in [1.807, 2.05) is 26.1 Å². The van der Waals surface area contributed by atoms with Crippen molar-refractivity contribution in [1.82, 2.24) is 10.6 Å². The van der Waals surface area contributed by atoms with Crippen LogP contribution in [0.5, 0.6) is 0 Å². The number of hydrogen-bond acceptors (Lipinski definition) is 5. The van der Waals surface area contributed by atoms with Gasteiger partial charge in [-0.05, 0) is 61.2 Å². The zero-order chi connectivity index (χ0) is 24.0. The molecule has 0 radical (unpaired) electrons. The number of carbonyl (C=O) groups excluding carboxylic acids is 2. The molecule has 3 aromatic rings. The van der Waals surface area contributed by atoms with E-state index in [4.69, 9.17) is 4.74 Å². The summed E-state index contributed by atoms with van der Waals surface area (Å²) in [5.74, 6) is -0.313. The fraction of sp³-hybridized carbons (Fsp3) is 0.333. The molecule has 0 fully saturated rings. The molecule has 5 nitrogen and oxygen atoms in total. The van der Waals surface area contributed by atoms with Gasteiger partial charge in [0.25, 0.3) is 0 Å². The van der Waals surface area contributed by atoms with E-state index in [0.29, 0.717) is 18.0 Å². The SMILES string of the molecule is CCOC(=O)c1sc(CC)c(C(C)NC)c1-c1ccc(-c2cccc(CNC(C)=O)c2)cc1. The minimum atomic E-state index is -0.267. The number of carbonyl (C=O) groups is 2. The molecule has 1 atom stereocenters. The first-order chi connectivity index (χ1) is 15.9. The normalized spacial score (nSPS) is 11.8. The minimum absolute atomic E-state index is 0.0454. The number of rotatable bonds is 9. The summed E-state index contributed by atoms with van der Waals surface area (Å²) in [4.78, 5) is 25.9. The highest BCUT2D eigenvalue weighted by Crippen LogP contribution is 2.41. The Bertz CT molecular complexity index is 1120. The Balaban J connectivity index is 2.02. The average Bonchev–Trinajstić information content (AvgIpc) is 3.22. The second-order valence-electron chi connectivity index (χ2n) is 7.91. The first-order valence-electron chi connectivity index (χ1n) is 11.3. The number of nitrogens with one attached hydrogen (secondary N) is 2. The van der Waals surface area contributed by atoms with Crippen molar-refractivity contribution < 1.29 is 14.3 Å². The van der Waals surface area contributed by atoms with Crippen LogP contribution < -0.4 is 10.6 Å². The first kappa shape index (κ1) is 24.7. The summed E-state index contributed by atoms with van der Waals surface area (Å²) in [6.07, 6.45) is 0.859. The molecular weight excluding hydrogens is 432 g/mol. The lowest BCUT2D eigenvalue weighted by molar-refractivity contribution is -0.119. The van der Waals surface area contributed by atoms with Gasteiger partial charge in [-0.15, -0.1) is 11.3 Å². The van der Waals surface area contributed by atoms with Gasteiger partial charge in [0.05, 0.1) is 6.61 Å². The van der Waals surface area contributed by atoms with Crippen molar-refractivity contribution in [1.29, 1.82) is 0 Å². The third-order valence-electron chi connectivity index (χ3n) is 5.65. The van der Waals surface area contributed by atoms with Crippen molar-refractivity contribution in [3.05, 3.63) is 69.4 Å². The summed E-state index contributed by atoms with van der Waals surface area (Å²) in [5.41, 5.74) is 6.34. The monoisotopic (exact) mass is 464 g/mol. The molecule has 0 saturated carbocycles. The Kier molecular flexibility index (Phi) is 8.42. The van der Waals surface area contributed by atoms with Crippen molar-refractivity contribution >= 4 is 23.2 Å². The molecule has 0 bridgehead atoms. The number of amides is 1. The largest absolute Gasteiger partial charge is 0.462 e. The Morgan fingerprint density at radius 2 is 1.73 bits per heavy atom. The molecule has 0 aliphatic carbocycles. The molecule has 2 N–H and O–H groups in total. The summed E-state index contributed by atoms with van der Waals surface area (Å²) >= 11 is 1.53. The van der Waals surface area contributed by atoms with Crippen LogP contribution in [0.3, 0.4) is 0 Å². The van der Waals surface area contributed by atoms with E-state index in [-0.39, 0.29) is 17.9 Å². The molecule has 174 valence electrons. The van der Waals surface area contributed by atoms with Gasteiger partial charge in [-0.25, -0.2) is 4.79 Å². The predicted octanol–water partition coefficient (Wildman–Crippen LogP) is 5.74. The van der Waals surface area contributed by atoms with Gasteiger partial charge in [-0.3, -0.25) is 4.79 Å². The van der Waals surface area contributed by atoms with Crippen LogP contribution in [0.25, 0.3) is 22.3 Å². The second kappa shape index (κ2) is 11.3. The van der Waals surface area contributed by atoms with Crippen LogP contribution in [-0.4, -0.2) is 25.5 Å². The second-order valence-corrected chi connectivity index (χ2v) is 9.02. The quantitative estimate of drug-likeness (QED) is 0.397. The van der Waals surface area contributed by atoms with E-state index in [1.54, 1.807) is 0 Å². The molecule has 2 aromatic carbocycles. The summed E-state index contributed by atoms with van der Waals surface area (Å²) in [7, 11) is 1.94. The molecular formula is C27H32N2O3S. The molecule has 1 amide bonds. The molecule has 1 heterocycles. The van der Waals surface area contributed by atoms with Crippen LogP contribution in [0.1, 0.15) is 59.4 Å². The van der Waals surface area contributed by atoms with Crippen molar-refractivity contribution in [3.63, 3.8) is 0 Å². The molecule has 0 saturated heterocycles. The number of thiophene rings is 1. The van der Waals surface area contributed by atoms with E-state index in [2.05, 4.69) is 60.9 Å². The standard InChI is InChI=1S/C27H32N2O3S/c1-6-23-24(17(3)28-5)25(26(33-23)27(31)32-7-2)21-13-11-20(12-14-21)22-10-8-9-19(15-22)16-29-18(4)30/h8-15,17,28H,6-7,16H2,1-5H3,(H,29,30). The Labute approximate surface area is 200 Å². The van der Waals surface area contributed by atoms with E-state index in [9.17, 15) is 9.59 Å². The summed E-state index contributed by atoms with van der Waals surface area (Å²) in [6, 6.07) is 16.6. The Hall–Kier alpha value is -2.96. The van der Waals surface area contributed by atoms with Crippen LogP contribution in [0, 0.1) is 0 Å². The van der Waals surface area contributed by atoms with Gasteiger partial charge < -0.3 is 15.4 Å². The molecule has 3 rings (SSSR count). The van der Waals surface area contributed by atoms with Gasteiger partial charge in [0.1, 0.15) is 4.88 Å². The lowest BCUT2D eigenvalue weighted by atomic mass is 9.93. The van der Waals surface area contributed by atoms with Crippen molar-refractivity contribution in [2.24, 2.45) is 0 Å². The van der Waals surface area contributed by atoms with Gasteiger partial charge in [-0.1, -0.05) is 49.4 Å². The van der Waals surface area contributed by atoms with Crippen molar-refractivity contribution in [2.75, 3.05) is 13.7 Å². The maximum Gasteiger partial charge on any atom is 0.348 e. The molecule has 1 unspecified atom stereocenters. The number of hydrogen-bond donors (Lipinski definition) is 2. The third kappa shape index (κ3) is 5.70. The molecule has 0 spiro atoms. The van der Waals surface area contributed by atoms with Crippen LogP contribution in [0.4, 0.5) is 0 Å². The number of benzene rings is 2. The fourth-order valence-electron chi connectivity index (χ4n) is 3.90. The maximum atomic E-state index is 12.8. The number of aryl methyl sites for hydroxylation is 1. The number of ether oxygens (including phenoxy) is 1. The lowest BCUT2D eigenvalue weighted by Gasteiger charge is -2.16. The smallest absolute Gasteiger partial charge is 0.348 e. The van der Waals surface area contributed by atoms with Crippen LogP contribution >= 0.6 is 11.3 Å². The van der Waals surface area contributed by atoms with Crippen molar-refractivity contribution in [2.45, 2.75) is 46.7 Å². The van der Waals surface area contributed by atoms with Crippen LogP contribution in [0.2, 0.25) is 0 Å². The van der Waals surface area contributed by atoms with Gasteiger partial charge in [-0.2, -0.15) is 0 Å². The molecule has 33 heavy (non-hydrogen) atoms. The Morgan fingerprint density at radius 3 is 2.33 bits per heavy atom. The van der Waals surface area contributed by atoms with E-state index in [1.165, 1.54) is 23.1 Å². The van der Waals surface area contributed by atoms with Gasteiger partial charge >= 0.3 is 5.97 Å². The van der Waals surface area contributed by atoms with Crippen LogP contribution in [-0.2, 0) is 22.5 Å². The van der Waals surface area contributed by atoms with Gasteiger partial charge in [0, 0.05) is 30.0 Å². The summed E-state index contributed by atoms with van der Waals surface area (Å²) < 4.78 is 5.38. The topological polar surface area (TPSA) is 67.4 Å². The molecule has 0 aliphatic rings. The van der Waals surface area contributed by atoms with Crippen LogP contribution in [0.15, 0.2) is 48.5 Å². The Morgan fingerprint density at radius 1 is 1.03 bits per heavy atom. The zero-order valence-electron chi connectivity index (χ0n) is 20.0. The predicted molar refractivity (Wildman–Crippen MR) is 136 cm³/mol. The highest BCUT2D eigenvalue weighted by atomic mass is 32.1. The highest BCUT2D eigenvalue weighted by molar-refractivity contribution is 7.14. The van der Waals surface area contributed by atoms with Crippen molar-refractivity contribution in [3.8, 4) is 22.3 Å². The minimum Gasteiger partial charge on any atom is -0.462 e. The van der Waals surface area contributed by atoms with E-state index >= 15 is 0 Å². The van der Waals surface area contributed by atoms with Gasteiger partial charge in [0.2, 0.25) is 5.91 Å². The van der Waals surface area contributed by atoms with E-state index in [0.717, 1.165) is 39.8 Å². The maximum absolute atomic E-state index is 12.8. The number of esters is 1. The third-order valence-corrected chi connectivity index (χ3v) is 6.98. The summed E-state index contributed by atoms with van der Waals surface area (Å²) in [6.45, 7) is 8.44. The summed E-state index contributed by atoms with van der Waals surface area (Å²) in [5, 5.41) is 6.18. The molecule has 1 aromatic heterocycles. The van der Waals surface area contributed by atoms with E-state index < -0.39 is 0 Å². The lowest BCUT2D eigenvalue weighted by Crippen LogP contribution is -2.18.